The molecule has 17 heavy (non-hydrogen) atoms. The Morgan fingerprint density at radius 3 is 2.59 bits per heavy atom. The maximum Gasteiger partial charge on any atom is 0.242 e. The number of rotatable bonds is 5. The molecule has 1 rings (SSSR count). The molecule has 1 aromatic heterocycles. The first kappa shape index (κ1) is 15.1. The Kier molecular flexibility index (Phi) is 5.56. The van der Waals surface area contributed by atoms with Gasteiger partial charge < -0.3 is 0 Å². The van der Waals surface area contributed by atoms with Gasteiger partial charge in [0.25, 0.3) is 0 Å². The van der Waals surface area contributed by atoms with Crippen LogP contribution in [0.2, 0.25) is 0 Å². The summed E-state index contributed by atoms with van der Waals surface area (Å²) in [6, 6.07) is 1.52. The fraction of sp³-hybridized carbons (Fsp3) is 0.500. The van der Waals surface area contributed by atoms with E-state index in [0.717, 1.165) is 0 Å². The van der Waals surface area contributed by atoms with Crippen molar-refractivity contribution in [2.24, 2.45) is 5.92 Å². The monoisotopic (exact) mass is 384 g/mol. The van der Waals surface area contributed by atoms with Gasteiger partial charge in [-0.15, -0.1) is 0 Å². The molecule has 1 N–H and O–H groups in total. The summed E-state index contributed by atoms with van der Waals surface area (Å²) in [7, 11) is -3.48. The fourth-order valence-corrected chi connectivity index (χ4v) is 2.99. The molecule has 7 heteroatoms. The average molecular weight is 386 g/mol. The Labute approximate surface area is 119 Å². The maximum absolute atomic E-state index is 11.9. The average Bonchev–Trinajstić information content (AvgIpc) is 2.26. The van der Waals surface area contributed by atoms with E-state index < -0.39 is 10.0 Å². The molecule has 0 aromatic carbocycles. The number of nitrogens with zero attached hydrogens (tertiary/aromatic N) is 1. The van der Waals surface area contributed by atoms with Crippen LogP contribution < -0.4 is 4.72 Å². The number of pyridine rings is 1. The van der Waals surface area contributed by atoms with Crippen molar-refractivity contribution in [3.63, 3.8) is 0 Å². The first-order chi connectivity index (χ1) is 7.83. The van der Waals surface area contributed by atoms with Crippen molar-refractivity contribution in [1.82, 2.24) is 9.71 Å². The molecule has 0 radical (unpaired) electrons. The number of aromatic nitrogens is 1. The van der Waals surface area contributed by atoms with Gasteiger partial charge in [0, 0.05) is 28.2 Å². The lowest BCUT2D eigenvalue weighted by Crippen LogP contribution is -2.31. The Hall–Kier alpha value is 0.0200. The minimum atomic E-state index is -3.48. The molecule has 96 valence electrons. The van der Waals surface area contributed by atoms with Crippen LogP contribution in [0.5, 0.6) is 0 Å². The van der Waals surface area contributed by atoms with E-state index in [-0.39, 0.29) is 9.72 Å². The highest BCUT2D eigenvalue weighted by molar-refractivity contribution is 9.10. The van der Waals surface area contributed by atoms with Gasteiger partial charge in [-0.2, -0.15) is 0 Å². The Bertz CT molecular complexity index is 477. The molecule has 4 nitrogen and oxygen atoms in total. The molecule has 0 aliphatic carbocycles. The zero-order valence-electron chi connectivity index (χ0n) is 9.52. The Morgan fingerprint density at radius 2 is 2.06 bits per heavy atom. The van der Waals surface area contributed by atoms with E-state index in [4.69, 9.17) is 0 Å². The van der Waals surface area contributed by atoms with Crippen molar-refractivity contribution in [2.75, 3.05) is 6.54 Å². The molecular weight excluding hydrogens is 372 g/mol. The third-order valence-electron chi connectivity index (χ3n) is 2.18. The third kappa shape index (κ3) is 4.65. The quantitative estimate of drug-likeness (QED) is 0.792. The summed E-state index contributed by atoms with van der Waals surface area (Å²) in [5.41, 5.74) is 0. The van der Waals surface area contributed by atoms with E-state index in [1.54, 1.807) is 6.20 Å². The van der Waals surface area contributed by atoms with Crippen molar-refractivity contribution >= 4 is 41.9 Å². The number of hydrogen-bond donors (Lipinski definition) is 1. The van der Waals surface area contributed by atoms with Gasteiger partial charge in [0.1, 0.15) is 4.90 Å². The van der Waals surface area contributed by atoms with Gasteiger partial charge in [-0.1, -0.05) is 29.8 Å². The van der Waals surface area contributed by atoms with Crippen LogP contribution >= 0.6 is 31.9 Å². The molecule has 1 aromatic rings. The minimum Gasteiger partial charge on any atom is -0.262 e. The second-order valence-corrected chi connectivity index (χ2v) is 7.81. The number of halogens is 2. The summed E-state index contributed by atoms with van der Waals surface area (Å²) in [6.45, 7) is 4.40. The van der Waals surface area contributed by atoms with Gasteiger partial charge in [0.05, 0.1) is 0 Å². The minimum absolute atomic E-state index is 0.109. The zero-order chi connectivity index (χ0) is 13.1. The van der Waals surface area contributed by atoms with Gasteiger partial charge in [-0.05, 0) is 27.9 Å². The molecule has 1 atom stereocenters. The van der Waals surface area contributed by atoms with Gasteiger partial charge in [0.15, 0.2) is 0 Å². The molecule has 0 saturated carbocycles. The topological polar surface area (TPSA) is 59.1 Å². The predicted molar refractivity (Wildman–Crippen MR) is 74.7 cm³/mol. The van der Waals surface area contributed by atoms with Gasteiger partial charge >= 0.3 is 0 Å². The molecule has 1 unspecified atom stereocenters. The van der Waals surface area contributed by atoms with E-state index in [0.29, 0.717) is 16.9 Å². The number of alkyl halides is 1. The van der Waals surface area contributed by atoms with E-state index >= 15 is 0 Å². The molecule has 0 amide bonds. The lowest BCUT2D eigenvalue weighted by Gasteiger charge is -2.14. The van der Waals surface area contributed by atoms with Crippen LogP contribution in [0.3, 0.4) is 0 Å². The van der Waals surface area contributed by atoms with Crippen molar-refractivity contribution in [3.05, 3.63) is 22.9 Å². The van der Waals surface area contributed by atoms with E-state index in [1.807, 2.05) is 13.8 Å². The number of nitrogens with one attached hydrogen (secondary N) is 1. The smallest absolute Gasteiger partial charge is 0.242 e. The van der Waals surface area contributed by atoms with Crippen molar-refractivity contribution in [1.29, 1.82) is 0 Å². The first-order valence-electron chi connectivity index (χ1n) is 5.07. The largest absolute Gasteiger partial charge is 0.262 e. The lowest BCUT2D eigenvalue weighted by molar-refractivity contribution is 0.562. The molecule has 0 aliphatic heterocycles. The van der Waals surface area contributed by atoms with Gasteiger partial charge in [-0.25, -0.2) is 13.1 Å². The molecular formula is C10H14Br2N2O2S. The summed E-state index contributed by atoms with van der Waals surface area (Å²) in [5, 5.41) is 0. The number of hydrogen-bond acceptors (Lipinski definition) is 3. The highest BCUT2D eigenvalue weighted by atomic mass is 79.9. The lowest BCUT2D eigenvalue weighted by atomic mass is 10.1. The molecule has 0 spiro atoms. The second kappa shape index (κ2) is 6.26. The first-order valence-corrected chi connectivity index (χ1v) is 8.26. The van der Waals surface area contributed by atoms with Crippen LogP contribution in [0.1, 0.15) is 13.8 Å². The Morgan fingerprint density at radius 1 is 1.41 bits per heavy atom. The van der Waals surface area contributed by atoms with Crippen LogP contribution in [0, 0.1) is 5.92 Å². The van der Waals surface area contributed by atoms with Crippen LogP contribution in [-0.2, 0) is 10.0 Å². The summed E-state index contributed by atoms with van der Waals surface area (Å²) in [4.78, 5) is 4.11. The standard InChI is InChI=1S/C10H14Br2N2O2S/c1-7(2)10(12)6-14-17(15,16)9-3-8(11)4-13-5-9/h3-5,7,10,14H,6H2,1-2H3. The summed E-state index contributed by atoms with van der Waals surface area (Å²) in [5.74, 6) is 0.360. The van der Waals surface area contributed by atoms with E-state index in [2.05, 4.69) is 41.6 Å². The fourth-order valence-electron chi connectivity index (χ4n) is 1.05. The van der Waals surface area contributed by atoms with Crippen LogP contribution in [-0.4, -0.2) is 24.8 Å². The summed E-state index contributed by atoms with van der Waals surface area (Å²) in [6.07, 6.45) is 2.87. The van der Waals surface area contributed by atoms with Crippen LogP contribution in [0.4, 0.5) is 0 Å². The zero-order valence-corrected chi connectivity index (χ0v) is 13.5. The molecule has 0 aliphatic rings. The third-order valence-corrected chi connectivity index (χ3v) is 5.39. The van der Waals surface area contributed by atoms with Crippen molar-refractivity contribution in [3.8, 4) is 0 Å². The van der Waals surface area contributed by atoms with Crippen LogP contribution in [0.15, 0.2) is 27.8 Å². The molecule has 0 fully saturated rings. The maximum atomic E-state index is 11.9. The normalized spacial score (nSPS) is 13.9. The van der Waals surface area contributed by atoms with Crippen molar-refractivity contribution < 1.29 is 8.42 Å². The van der Waals surface area contributed by atoms with Gasteiger partial charge in [0.2, 0.25) is 10.0 Å². The highest BCUT2D eigenvalue weighted by Gasteiger charge is 2.17. The second-order valence-electron chi connectivity index (χ2n) is 3.95. The predicted octanol–water partition coefficient (Wildman–Crippen LogP) is 2.54. The molecule has 0 bridgehead atoms. The molecule has 0 saturated heterocycles. The van der Waals surface area contributed by atoms with Crippen molar-refractivity contribution in [2.45, 2.75) is 23.6 Å². The SMILES string of the molecule is CC(C)C(Br)CNS(=O)(=O)c1cncc(Br)c1. The summed E-state index contributed by atoms with van der Waals surface area (Å²) < 4.78 is 27.0. The molecule has 1 heterocycles. The van der Waals surface area contributed by atoms with E-state index in [9.17, 15) is 8.42 Å². The van der Waals surface area contributed by atoms with Gasteiger partial charge in [-0.3, -0.25) is 4.98 Å². The van der Waals surface area contributed by atoms with E-state index in [1.165, 1.54) is 12.3 Å². The number of sulfonamides is 1. The highest BCUT2D eigenvalue weighted by Crippen LogP contribution is 2.15. The Balaban J connectivity index is 2.76. The van der Waals surface area contributed by atoms with Crippen LogP contribution in [0.25, 0.3) is 0 Å². The summed E-state index contributed by atoms with van der Waals surface area (Å²) >= 11 is 6.62.